The van der Waals surface area contributed by atoms with Crippen LogP contribution in [0.15, 0.2) is 47.1 Å². The van der Waals surface area contributed by atoms with Crippen molar-refractivity contribution in [3.8, 4) is 0 Å². The summed E-state index contributed by atoms with van der Waals surface area (Å²) >= 11 is 0. The first kappa shape index (κ1) is 14.4. The number of carbonyl (C=O) groups excluding carboxylic acids is 1. The Labute approximate surface area is 127 Å². The second kappa shape index (κ2) is 6.05. The number of rotatable bonds is 4. The van der Waals surface area contributed by atoms with E-state index in [-0.39, 0.29) is 23.3 Å². The first-order chi connectivity index (χ1) is 10.6. The molecule has 3 rings (SSSR count). The molecule has 0 radical (unpaired) electrons. The van der Waals surface area contributed by atoms with Crippen molar-refractivity contribution < 1.29 is 19.1 Å². The third-order valence-electron chi connectivity index (χ3n) is 4.13. The molecule has 1 saturated carbocycles. The lowest BCUT2D eigenvalue weighted by atomic mass is 9.94. The maximum atomic E-state index is 12.2. The Morgan fingerprint density at radius 2 is 1.95 bits per heavy atom. The van der Waals surface area contributed by atoms with Crippen LogP contribution < -0.4 is 5.32 Å². The number of carboxylic acids is 1. The number of nitrogens with one attached hydrogen (secondary N) is 1. The van der Waals surface area contributed by atoms with Crippen LogP contribution >= 0.6 is 0 Å². The minimum Gasteiger partial charge on any atom is -0.478 e. The monoisotopic (exact) mass is 299 g/mol. The van der Waals surface area contributed by atoms with Gasteiger partial charge in [0.1, 0.15) is 6.26 Å². The highest BCUT2D eigenvalue weighted by atomic mass is 16.4. The van der Waals surface area contributed by atoms with E-state index in [1.54, 1.807) is 0 Å². The summed E-state index contributed by atoms with van der Waals surface area (Å²) in [7, 11) is 0. The van der Waals surface area contributed by atoms with Gasteiger partial charge >= 0.3 is 5.97 Å². The third-order valence-corrected chi connectivity index (χ3v) is 4.13. The fourth-order valence-corrected chi connectivity index (χ4v) is 3.04. The van der Waals surface area contributed by atoms with E-state index in [0.717, 1.165) is 25.5 Å². The number of hydrogen-bond acceptors (Lipinski definition) is 3. The van der Waals surface area contributed by atoms with Crippen molar-refractivity contribution in [2.45, 2.75) is 31.2 Å². The van der Waals surface area contributed by atoms with Gasteiger partial charge in [-0.3, -0.25) is 4.79 Å². The van der Waals surface area contributed by atoms with E-state index in [0.29, 0.717) is 5.92 Å². The normalized spacial score (nSPS) is 20.7. The number of carboxylic acid groups (broad SMARTS) is 1. The molecular weight excluding hydrogens is 282 g/mol. The van der Waals surface area contributed by atoms with Crippen LogP contribution in [0, 0.1) is 0 Å². The first-order valence-corrected chi connectivity index (χ1v) is 7.33. The zero-order valence-corrected chi connectivity index (χ0v) is 12.0. The minimum absolute atomic E-state index is 0.0174. The molecule has 1 aromatic heterocycles. The fourth-order valence-electron chi connectivity index (χ4n) is 3.04. The van der Waals surface area contributed by atoms with Gasteiger partial charge in [0.2, 0.25) is 0 Å². The van der Waals surface area contributed by atoms with Gasteiger partial charge in [0.25, 0.3) is 5.91 Å². The highest BCUT2D eigenvalue weighted by molar-refractivity contribution is 5.95. The number of aromatic carboxylic acids is 1. The van der Waals surface area contributed by atoms with Crippen molar-refractivity contribution in [3.05, 3.63) is 59.5 Å². The number of amides is 1. The van der Waals surface area contributed by atoms with Crippen molar-refractivity contribution in [2.24, 2.45) is 0 Å². The van der Waals surface area contributed by atoms with Crippen LogP contribution in [0.5, 0.6) is 0 Å². The summed E-state index contributed by atoms with van der Waals surface area (Å²) in [4.78, 5) is 23.0. The van der Waals surface area contributed by atoms with Crippen LogP contribution in [0.2, 0.25) is 0 Å². The van der Waals surface area contributed by atoms with Gasteiger partial charge in [0.05, 0.1) is 5.56 Å². The molecule has 2 aromatic rings. The predicted molar refractivity (Wildman–Crippen MR) is 80.0 cm³/mol. The lowest BCUT2D eigenvalue weighted by Gasteiger charge is -2.20. The van der Waals surface area contributed by atoms with Crippen molar-refractivity contribution in [1.29, 1.82) is 0 Å². The highest BCUT2D eigenvalue weighted by Crippen LogP contribution is 2.34. The summed E-state index contributed by atoms with van der Waals surface area (Å²) in [5.41, 5.74) is 1.20. The Balaban J connectivity index is 1.71. The second-order valence-corrected chi connectivity index (χ2v) is 5.53. The lowest BCUT2D eigenvalue weighted by molar-refractivity contribution is 0.0695. The van der Waals surface area contributed by atoms with E-state index in [2.05, 4.69) is 17.4 Å². The largest absolute Gasteiger partial charge is 0.478 e. The zero-order chi connectivity index (χ0) is 15.5. The van der Waals surface area contributed by atoms with Crippen LogP contribution in [-0.2, 0) is 0 Å². The number of benzene rings is 1. The Morgan fingerprint density at radius 1 is 1.18 bits per heavy atom. The van der Waals surface area contributed by atoms with Gasteiger partial charge in [-0.25, -0.2) is 4.79 Å². The molecular formula is C17H17NO4. The minimum atomic E-state index is -1.11. The van der Waals surface area contributed by atoms with E-state index >= 15 is 0 Å². The molecule has 0 aliphatic heterocycles. The molecule has 2 atom stereocenters. The summed E-state index contributed by atoms with van der Waals surface area (Å²) < 4.78 is 5.05. The van der Waals surface area contributed by atoms with Gasteiger partial charge in [0.15, 0.2) is 5.76 Å². The summed E-state index contributed by atoms with van der Waals surface area (Å²) in [5, 5.41) is 11.8. The molecule has 5 nitrogen and oxygen atoms in total. The molecule has 0 spiro atoms. The van der Waals surface area contributed by atoms with E-state index in [9.17, 15) is 9.59 Å². The molecule has 114 valence electrons. The Hall–Kier alpha value is -2.56. The molecule has 1 fully saturated rings. The molecule has 1 aromatic carbocycles. The Kier molecular flexibility index (Phi) is 3.96. The summed E-state index contributed by atoms with van der Waals surface area (Å²) in [6.07, 6.45) is 4.09. The number of furan rings is 1. The average Bonchev–Trinajstić information content (AvgIpc) is 3.17. The summed E-state index contributed by atoms with van der Waals surface area (Å²) in [5.74, 6) is -1.14. The Morgan fingerprint density at radius 3 is 2.64 bits per heavy atom. The van der Waals surface area contributed by atoms with Crippen molar-refractivity contribution in [3.63, 3.8) is 0 Å². The first-order valence-electron chi connectivity index (χ1n) is 7.33. The maximum absolute atomic E-state index is 12.2. The summed E-state index contributed by atoms with van der Waals surface area (Å²) in [6, 6.07) is 11.4. The van der Waals surface area contributed by atoms with Gasteiger partial charge in [-0.05, 0) is 18.4 Å². The van der Waals surface area contributed by atoms with Crippen LogP contribution in [0.3, 0.4) is 0 Å². The van der Waals surface area contributed by atoms with Crippen LogP contribution in [0.1, 0.15) is 51.7 Å². The lowest BCUT2D eigenvalue weighted by Crippen LogP contribution is -2.36. The SMILES string of the molecule is O=C(O)c1coc(C(=O)N[C@@H]2CCC[C@H]2c2ccccc2)c1. The third kappa shape index (κ3) is 2.88. The second-order valence-electron chi connectivity index (χ2n) is 5.53. The smallest absolute Gasteiger partial charge is 0.338 e. The molecule has 1 aliphatic rings. The van der Waals surface area contributed by atoms with Crippen LogP contribution in [0.4, 0.5) is 0 Å². The highest BCUT2D eigenvalue weighted by Gasteiger charge is 2.30. The van der Waals surface area contributed by atoms with E-state index in [4.69, 9.17) is 9.52 Å². The van der Waals surface area contributed by atoms with E-state index in [1.807, 2.05) is 18.2 Å². The van der Waals surface area contributed by atoms with Gasteiger partial charge in [0, 0.05) is 18.0 Å². The molecule has 1 aliphatic carbocycles. The van der Waals surface area contributed by atoms with Gasteiger partial charge in [-0.1, -0.05) is 36.8 Å². The zero-order valence-electron chi connectivity index (χ0n) is 12.0. The van der Waals surface area contributed by atoms with Gasteiger partial charge < -0.3 is 14.8 Å². The fraction of sp³-hybridized carbons (Fsp3) is 0.294. The number of carbonyl (C=O) groups is 2. The van der Waals surface area contributed by atoms with Crippen LogP contribution in [0.25, 0.3) is 0 Å². The molecule has 1 heterocycles. The quantitative estimate of drug-likeness (QED) is 0.909. The van der Waals surface area contributed by atoms with Gasteiger partial charge in [-0.15, -0.1) is 0 Å². The topological polar surface area (TPSA) is 79.5 Å². The van der Waals surface area contributed by atoms with Gasteiger partial charge in [-0.2, -0.15) is 0 Å². The maximum Gasteiger partial charge on any atom is 0.338 e. The van der Waals surface area contributed by atoms with E-state index < -0.39 is 5.97 Å². The molecule has 0 unspecified atom stereocenters. The van der Waals surface area contributed by atoms with Crippen molar-refractivity contribution >= 4 is 11.9 Å². The average molecular weight is 299 g/mol. The standard InChI is InChI=1S/C17H17NO4/c19-16(15-9-12(10-22-15)17(20)21)18-14-8-4-7-13(14)11-5-2-1-3-6-11/h1-3,5-6,9-10,13-14H,4,7-8H2,(H,18,19)(H,20,21)/t13-,14+/m0/s1. The summed E-state index contributed by atoms with van der Waals surface area (Å²) in [6.45, 7) is 0. The molecule has 1 amide bonds. The predicted octanol–water partition coefficient (Wildman–Crippen LogP) is 3.04. The molecule has 5 heteroatoms. The van der Waals surface area contributed by atoms with E-state index in [1.165, 1.54) is 11.6 Å². The number of hydrogen-bond donors (Lipinski definition) is 2. The molecule has 2 N–H and O–H groups in total. The van der Waals surface area contributed by atoms with Crippen molar-refractivity contribution in [2.75, 3.05) is 0 Å². The molecule has 0 saturated heterocycles. The molecule has 22 heavy (non-hydrogen) atoms. The molecule has 0 bridgehead atoms. The van der Waals surface area contributed by atoms with Crippen LogP contribution in [-0.4, -0.2) is 23.0 Å². The Bertz CT molecular complexity index is 677. The van der Waals surface area contributed by atoms with Crippen molar-refractivity contribution in [1.82, 2.24) is 5.32 Å².